The number of nitrogens with zero attached hydrogens (tertiary/aromatic N) is 2. The Bertz CT molecular complexity index is 1020. The summed E-state index contributed by atoms with van der Waals surface area (Å²) in [5.41, 5.74) is 3.24. The van der Waals surface area contributed by atoms with Crippen LogP contribution in [0.15, 0.2) is 66.9 Å². The molecule has 30 heavy (non-hydrogen) atoms. The van der Waals surface area contributed by atoms with Gasteiger partial charge in [-0.25, -0.2) is 4.79 Å². The highest BCUT2D eigenvalue weighted by atomic mass is 16.2. The second-order valence-corrected chi connectivity index (χ2v) is 7.31. The molecular weight excluding hydrogens is 378 g/mol. The molecule has 3 N–H and O–H groups in total. The van der Waals surface area contributed by atoms with Gasteiger partial charge >= 0.3 is 6.03 Å². The predicted octanol–water partition coefficient (Wildman–Crippen LogP) is 4.46. The van der Waals surface area contributed by atoms with E-state index in [0.29, 0.717) is 22.6 Å². The molecular formula is C23H23N5O2. The zero-order valence-corrected chi connectivity index (χ0v) is 16.5. The van der Waals surface area contributed by atoms with E-state index in [4.69, 9.17) is 0 Å². The highest BCUT2D eigenvalue weighted by molar-refractivity contribution is 6.04. The number of nitrogens with one attached hydrogen (secondary N) is 3. The molecule has 1 aliphatic carbocycles. The quantitative estimate of drug-likeness (QED) is 0.588. The van der Waals surface area contributed by atoms with Crippen molar-refractivity contribution in [3.63, 3.8) is 0 Å². The lowest BCUT2D eigenvalue weighted by molar-refractivity contribution is 0.102. The van der Waals surface area contributed by atoms with Crippen molar-refractivity contribution in [1.29, 1.82) is 0 Å². The van der Waals surface area contributed by atoms with E-state index in [2.05, 4.69) is 26.1 Å². The Hall–Kier alpha value is -3.74. The maximum atomic E-state index is 12.6. The van der Waals surface area contributed by atoms with Crippen LogP contribution in [-0.4, -0.2) is 28.2 Å². The Morgan fingerprint density at radius 1 is 0.867 bits per heavy atom. The summed E-state index contributed by atoms with van der Waals surface area (Å²) in [5, 5.41) is 16.7. The Morgan fingerprint density at radius 3 is 2.23 bits per heavy atom. The van der Waals surface area contributed by atoms with Crippen LogP contribution in [0.25, 0.3) is 11.3 Å². The van der Waals surface area contributed by atoms with Crippen molar-refractivity contribution in [2.24, 2.45) is 0 Å². The topological polar surface area (TPSA) is 96.0 Å². The summed E-state index contributed by atoms with van der Waals surface area (Å²) >= 11 is 0. The van der Waals surface area contributed by atoms with E-state index in [1.807, 2.05) is 30.3 Å². The molecule has 7 heteroatoms. The largest absolute Gasteiger partial charge is 0.335 e. The number of hydrogen-bond acceptors (Lipinski definition) is 4. The van der Waals surface area contributed by atoms with Crippen LogP contribution < -0.4 is 16.0 Å². The van der Waals surface area contributed by atoms with Gasteiger partial charge in [0.15, 0.2) is 0 Å². The highest BCUT2D eigenvalue weighted by Crippen LogP contribution is 2.19. The fourth-order valence-electron chi connectivity index (χ4n) is 3.50. The maximum Gasteiger partial charge on any atom is 0.319 e. The van der Waals surface area contributed by atoms with Crippen molar-refractivity contribution < 1.29 is 9.59 Å². The highest BCUT2D eigenvalue weighted by Gasteiger charge is 2.17. The van der Waals surface area contributed by atoms with Gasteiger partial charge in [0.05, 0.1) is 17.5 Å². The van der Waals surface area contributed by atoms with Crippen molar-refractivity contribution in [2.45, 2.75) is 31.7 Å². The zero-order valence-electron chi connectivity index (χ0n) is 16.5. The van der Waals surface area contributed by atoms with E-state index in [1.165, 1.54) is 19.0 Å². The Balaban J connectivity index is 1.36. The van der Waals surface area contributed by atoms with Gasteiger partial charge in [-0.15, -0.1) is 0 Å². The first-order chi connectivity index (χ1) is 14.7. The average Bonchev–Trinajstić information content (AvgIpc) is 3.29. The average molecular weight is 401 g/mol. The number of benzene rings is 2. The first-order valence-electron chi connectivity index (χ1n) is 10.0. The number of amides is 3. The number of carbonyl (C=O) groups excluding carboxylic acids is 2. The fraction of sp³-hybridized carbons (Fsp3) is 0.217. The first kappa shape index (κ1) is 19.6. The third kappa shape index (κ3) is 5.00. The number of anilines is 2. The van der Waals surface area contributed by atoms with Crippen LogP contribution >= 0.6 is 0 Å². The number of aromatic nitrogens is 2. The summed E-state index contributed by atoms with van der Waals surface area (Å²) in [6.45, 7) is 0. The minimum Gasteiger partial charge on any atom is -0.335 e. The minimum absolute atomic E-state index is 0.199. The van der Waals surface area contributed by atoms with E-state index in [9.17, 15) is 9.59 Å². The van der Waals surface area contributed by atoms with Crippen LogP contribution in [0.1, 0.15) is 36.0 Å². The Labute approximate surface area is 174 Å². The lowest BCUT2D eigenvalue weighted by Gasteiger charge is -2.13. The molecule has 0 aliphatic heterocycles. The second kappa shape index (κ2) is 9.17. The van der Waals surface area contributed by atoms with Gasteiger partial charge in [0, 0.05) is 23.0 Å². The summed E-state index contributed by atoms with van der Waals surface area (Å²) in [5.74, 6) is -0.276. The van der Waals surface area contributed by atoms with E-state index >= 15 is 0 Å². The van der Waals surface area contributed by atoms with Crippen molar-refractivity contribution in [3.05, 3.63) is 72.4 Å². The van der Waals surface area contributed by atoms with Gasteiger partial charge in [-0.1, -0.05) is 43.2 Å². The molecule has 1 fully saturated rings. The molecule has 0 unspecified atom stereocenters. The summed E-state index contributed by atoms with van der Waals surface area (Å²) in [6, 6.07) is 18.3. The van der Waals surface area contributed by atoms with Crippen LogP contribution in [0, 0.1) is 0 Å². The molecule has 3 amide bonds. The molecule has 1 heterocycles. The summed E-state index contributed by atoms with van der Waals surface area (Å²) < 4.78 is 0. The molecule has 0 radical (unpaired) electrons. The van der Waals surface area contributed by atoms with Gasteiger partial charge in [-0.3, -0.25) is 4.79 Å². The molecule has 4 rings (SSSR count). The van der Waals surface area contributed by atoms with Gasteiger partial charge in [0.1, 0.15) is 0 Å². The molecule has 152 valence electrons. The van der Waals surface area contributed by atoms with Crippen molar-refractivity contribution in [1.82, 2.24) is 15.5 Å². The molecule has 1 saturated carbocycles. The minimum atomic E-state index is -0.276. The molecule has 0 bridgehead atoms. The monoisotopic (exact) mass is 401 g/mol. The Morgan fingerprint density at radius 2 is 1.53 bits per heavy atom. The molecule has 3 aromatic rings. The normalized spacial score (nSPS) is 13.6. The Kier molecular flexibility index (Phi) is 5.98. The fourth-order valence-corrected chi connectivity index (χ4v) is 3.50. The third-order valence-electron chi connectivity index (χ3n) is 5.08. The third-order valence-corrected chi connectivity index (χ3v) is 5.08. The number of carbonyl (C=O) groups is 2. The summed E-state index contributed by atoms with van der Waals surface area (Å²) in [4.78, 5) is 24.7. The van der Waals surface area contributed by atoms with Gasteiger partial charge in [-0.05, 0) is 43.2 Å². The van der Waals surface area contributed by atoms with Gasteiger partial charge < -0.3 is 16.0 Å². The van der Waals surface area contributed by atoms with Gasteiger partial charge in [-0.2, -0.15) is 10.2 Å². The molecule has 1 aromatic heterocycles. The van der Waals surface area contributed by atoms with E-state index in [1.54, 1.807) is 30.3 Å². The lowest BCUT2D eigenvalue weighted by atomic mass is 10.1. The molecule has 2 aromatic carbocycles. The van der Waals surface area contributed by atoms with E-state index in [0.717, 1.165) is 18.4 Å². The van der Waals surface area contributed by atoms with Crippen LogP contribution in [0.2, 0.25) is 0 Å². The van der Waals surface area contributed by atoms with Gasteiger partial charge in [0.2, 0.25) is 0 Å². The number of rotatable bonds is 5. The van der Waals surface area contributed by atoms with Crippen LogP contribution in [0.5, 0.6) is 0 Å². The SMILES string of the molecule is O=C(Nc1ccc(NC(=O)c2cnnc(-c3ccccc3)c2)cc1)NC1CCCC1. The molecule has 0 atom stereocenters. The van der Waals surface area contributed by atoms with E-state index < -0.39 is 0 Å². The van der Waals surface area contributed by atoms with Crippen LogP contribution in [0.3, 0.4) is 0 Å². The van der Waals surface area contributed by atoms with E-state index in [-0.39, 0.29) is 18.0 Å². The van der Waals surface area contributed by atoms with Crippen LogP contribution in [0.4, 0.5) is 16.2 Å². The van der Waals surface area contributed by atoms with Gasteiger partial charge in [0.25, 0.3) is 5.91 Å². The molecule has 1 aliphatic rings. The van der Waals surface area contributed by atoms with Crippen molar-refractivity contribution in [3.8, 4) is 11.3 Å². The maximum absolute atomic E-state index is 12.6. The second-order valence-electron chi connectivity index (χ2n) is 7.31. The van der Waals surface area contributed by atoms with Crippen molar-refractivity contribution in [2.75, 3.05) is 10.6 Å². The first-order valence-corrected chi connectivity index (χ1v) is 10.0. The lowest BCUT2D eigenvalue weighted by Crippen LogP contribution is -2.36. The zero-order chi connectivity index (χ0) is 20.8. The molecule has 7 nitrogen and oxygen atoms in total. The number of urea groups is 1. The van der Waals surface area contributed by atoms with Crippen molar-refractivity contribution >= 4 is 23.3 Å². The van der Waals surface area contributed by atoms with Crippen LogP contribution in [-0.2, 0) is 0 Å². The smallest absolute Gasteiger partial charge is 0.319 e. The molecule has 0 saturated heterocycles. The standard InChI is InChI=1S/C23H23N5O2/c29-22(17-14-21(28-24-15-17)16-6-2-1-3-7-16)25-19-10-12-20(13-11-19)27-23(30)26-18-8-4-5-9-18/h1-3,6-7,10-15,18H,4-5,8-9H2,(H,25,29)(H2,26,27,30). The predicted molar refractivity (Wildman–Crippen MR) is 116 cm³/mol. The summed E-state index contributed by atoms with van der Waals surface area (Å²) in [7, 11) is 0. The number of hydrogen-bond donors (Lipinski definition) is 3. The molecule has 0 spiro atoms. The summed E-state index contributed by atoms with van der Waals surface area (Å²) in [6.07, 6.45) is 5.84.